The zero-order valence-electron chi connectivity index (χ0n) is 19.4. The van der Waals surface area contributed by atoms with Crippen molar-refractivity contribution < 1.29 is 9.18 Å². The Kier molecular flexibility index (Phi) is 6.33. The number of anilines is 2. The number of aryl methyl sites for hydroxylation is 1. The Labute approximate surface area is 211 Å². The van der Waals surface area contributed by atoms with Gasteiger partial charge in [-0.3, -0.25) is 18.9 Å². The van der Waals surface area contributed by atoms with E-state index in [1.165, 1.54) is 27.1 Å². The van der Waals surface area contributed by atoms with Crippen molar-refractivity contribution in [2.45, 2.75) is 13.8 Å². The Balaban J connectivity index is 1.55. The molecule has 2 aliphatic rings. The Bertz CT molecular complexity index is 1430. The number of rotatable bonds is 4. The van der Waals surface area contributed by atoms with Gasteiger partial charge in [0.15, 0.2) is 0 Å². The van der Waals surface area contributed by atoms with Crippen LogP contribution in [-0.4, -0.2) is 57.2 Å². The number of thiocarbonyl (C=S) groups is 1. The van der Waals surface area contributed by atoms with Crippen LogP contribution in [-0.2, 0) is 4.79 Å². The van der Waals surface area contributed by atoms with Gasteiger partial charge < -0.3 is 9.80 Å². The van der Waals surface area contributed by atoms with Crippen molar-refractivity contribution in [3.8, 4) is 0 Å². The maximum atomic E-state index is 14.3. The van der Waals surface area contributed by atoms with Crippen molar-refractivity contribution in [3.63, 3.8) is 0 Å². The molecule has 0 bridgehead atoms. The minimum absolute atomic E-state index is 0.202. The van der Waals surface area contributed by atoms with Gasteiger partial charge in [-0.1, -0.05) is 42.2 Å². The van der Waals surface area contributed by atoms with E-state index in [2.05, 4.69) is 0 Å². The molecule has 0 radical (unpaired) electrons. The molecule has 35 heavy (non-hydrogen) atoms. The fourth-order valence-corrected chi connectivity index (χ4v) is 5.75. The van der Waals surface area contributed by atoms with Crippen LogP contribution in [0.4, 0.5) is 15.9 Å². The highest BCUT2D eigenvalue weighted by atomic mass is 32.2. The third-order valence-electron chi connectivity index (χ3n) is 6.22. The largest absolute Gasteiger partial charge is 0.366 e. The number of para-hydroxylation sites is 1. The van der Waals surface area contributed by atoms with Crippen molar-refractivity contribution in [1.82, 2.24) is 14.3 Å². The number of hydrogen-bond acceptors (Lipinski definition) is 7. The third-order valence-corrected chi connectivity index (χ3v) is 7.60. The lowest BCUT2D eigenvalue weighted by Gasteiger charge is -2.37. The molecule has 2 saturated heterocycles. The second-order valence-corrected chi connectivity index (χ2v) is 10.1. The van der Waals surface area contributed by atoms with Gasteiger partial charge in [-0.15, -0.1) is 0 Å². The van der Waals surface area contributed by atoms with E-state index in [0.717, 1.165) is 5.56 Å². The molecule has 0 N–H and O–H groups in total. The van der Waals surface area contributed by atoms with Crippen molar-refractivity contribution in [2.75, 3.05) is 42.5 Å². The maximum absolute atomic E-state index is 14.3. The van der Waals surface area contributed by atoms with Gasteiger partial charge in [0.1, 0.15) is 21.6 Å². The molecule has 10 heteroatoms. The molecular formula is C25H24FN5O2S2. The van der Waals surface area contributed by atoms with Crippen molar-refractivity contribution >= 4 is 57.4 Å². The minimum atomic E-state index is -0.253. The predicted molar refractivity (Wildman–Crippen MR) is 143 cm³/mol. The third kappa shape index (κ3) is 4.32. The van der Waals surface area contributed by atoms with Gasteiger partial charge in [0.25, 0.3) is 11.5 Å². The number of halogens is 1. The molecule has 0 unspecified atom stereocenters. The van der Waals surface area contributed by atoms with Gasteiger partial charge in [-0.05, 0) is 43.7 Å². The summed E-state index contributed by atoms with van der Waals surface area (Å²) in [5.74, 6) is 0.0670. The fraction of sp³-hybridized carbons (Fsp3) is 0.280. The molecule has 1 aromatic carbocycles. The monoisotopic (exact) mass is 509 g/mol. The Morgan fingerprint density at radius 2 is 1.80 bits per heavy atom. The topological polar surface area (TPSA) is 61.2 Å². The van der Waals surface area contributed by atoms with E-state index >= 15 is 0 Å². The molecule has 180 valence electrons. The fourth-order valence-electron chi connectivity index (χ4n) is 4.39. The summed E-state index contributed by atoms with van der Waals surface area (Å²) in [6, 6.07) is 10.5. The Morgan fingerprint density at radius 1 is 1.09 bits per heavy atom. The minimum Gasteiger partial charge on any atom is -0.366 e. The molecule has 2 aliphatic heterocycles. The molecule has 3 aromatic rings. The van der Waals surface area contributed by atoms with Crippen LogP contribution in [0.1, 0.15) is 18.1 Å². The summed E-state index contributed by atoms with van der Waals surface area (Å²) in [7, 11) is 0. The highest BCUT2D eigenvalue weighted by Crippen LogP contribution is 2.33. The number of nitrogens with zero attached hydrogens (tertiary/aromatic N) is 5. The van der Waals surface area contributed by atoms with Crippen molar-refractivity contribution in [3.05, 3.63) is 74.8 Å². The van der Waals surface area contributed by atoms with E-state index in [1.807, 2.05) is 41.8 Å². The normalized spacial score (nSPS) is 17.8. The summed E-state index contributed by atoms with van der Waals surface area (Å²) in [5, 5.41) is 0. The SMILES string of the molecule is CCN1C(=O)/C(=C\c2c(N3CCN(c4ccccc4F)CC3)nc3ccc(C)cn3c2=O)SC1=S. The first kappa shape index (κ1) is 23.5. The Morgan fingerprint density at radius 3 is 2.49 bits per heavy atom. The highest BCUT2D eigenvalue weighted by molar-refractivity contribution is 8.26. The second kappa shape index (κ2) is 9.43. The van der Waals surface area contributed by atoms with E-state index in [0.29, 0.717) is 64.7 Å². The first-order chi connectivity index (χ1) is 16.9. The van der Waals surface area contributed by atoms with Crippen LogP contribution in [0.2, 0.25) is 0 Å². The summed E-state index contributed by atoms with van der Waals surface area (Å²) in [5.41, 5.74) is 2.13. The van der Waals surface area contributed by atoms with Gasteiger partial charge in [0.2, 0.25) is 0 Å². The average molecular weight is 510 g/mol. The number of thioether (sulfide) groups is 1. The number of pyridine rings is 1. The quantitative estimate of drug-likeness (QED) is 0.393. The lowest BCUT2D eigenvalue weighted by atomic mass is 10.2. The average Bonchev–Trinajstić information content (AvgIpc) is 3.13. The number of carbonyl (C=O) groups excluding carboxylic acids is 1. The number of likely N-dealkylation sites (N-methyl/N-ethyl adjacent to an activating group) is 1. The smallest absolute Gasteiger partial charge is 0.267 e. The van der Waals surface area contributed by atoms with Gasteiger partial charge in [0.05, 0.1) is 16.2 Å². The number of benzene rings is 1. The van der Waals surface area contributed by atoms with Gasteiger partial charge in [-0.2, -0.15) is 0 Å². The van der Waals surface area contributed by atoms with E-state index in [-0.39, 0.29) is 17.3 Å². The lowest BCUT2D eigenvalue weighted by Crippen LogP contribution is -2.47. The number of piperazine rings is 1. The van der Waals surface area contributed by atoms with Gasteiger partial charge >= 0.3 is 0 Å². The summed E-state index contributed by atoms with van der Waals surface area (Å²) in [6.07, 6.45) is 3.37. The van der Waals surface area contributed by atoms with Crippen LogP contribution in [0.25, 0.3) is 11.7 Å². The molecular weight excluding hydrogens is 485 g/mol. The van der Waals surface area contributed by atoms with E-state index in [1.54, 1.807) is 24.4 Å². The number of amides is 1. The molecule has 0 aliphatic carbocycles. The molecule has 5 rings (SSSR count). The molecule has 4 heterocycles. The molecule has 0 atom stereocenters. The molecule has 0 spiro atoms. The van der Waals surface area contributed by atoms with Crippen LogP contribution in [0.5, 0.6) is 0 Å². The molecule has 7 nitrogen and oxygen atoms in total. The van der Waals surface area contributed by atoms with E-state index in [4.69, 9.17) is 17.2 Å². The zero-order chi connectivity index (χ0) is 24.7. The second-order valence-electron chi connectivity index (χ2n) is 8.44. The summed E-state index contributed by atoms with van der Waals surface area (Å²) >= 11 is 6.54. The van der Waals surface area contributed by atoms with Crippen LogP contribution < -0.4 is 15.4 Å². The van der Waals surface area contributed by atoms with Gasteiger partial charge in [-0.25, -0.2) is 9.37 Å². The van der Waals surface area contributed by atoms with Crippen LogP contribution in [0, 0.1) is 12.7 Å². The van der Waals surface area contributed by atoms with Crippen LogP contribution in [0.3, 0.4) is 0 Å². The molecule has 0 saturated carbocycles. The van der Waals surface area contributed by atoms with Crippen LogP contribution >= 0.6 is 24.0 Å². The molecule has 2 aromatic heterocycles. The van der Waals surface area contributed by atoms with Crippen molar-refractivity contribution in [2.24, 2.45) is 0 Å². The number of carbonyl (C=O) groups is 1. The summed E-state index contributed by atoms with van der Waals surface area (Å²) in [6.45, 7) is 6.51. The van der Waals surface area contributed by atoms with Crippen molar-refractivity contribution in [1.29, 1.82) is 0 Å². The molecule has 1 amide bonds. The lowest BCUT2D eigenvalue weighted by molar-refractivity contribution is -0.121. The zero-order valence-corrected chi connectivity index (χ0v) is 21.0. The predicted octanol–water partition coefficient (Wildman–Crippen LogP) is 3.69. The number of hydrogen-bond donors (Lipinski definition) is 0. The first-order valence-electron chi connectivity index (χ1n) is 11.4. The molecule has 2 fully saturated rings. The first-order valence-corrected chi connectivity index (χ1v) is 12.6. The summed E-state index contributed by atoms with van der Waals surface area (Å²) < 4.78 is 16.3. The van der Waals surface area contributed by atoms with Gasteiger partial charge in [0, 0.05) is 38.9 Å². The van der Waals surface area contributed by atoms with E-state index < -0.39 is 0 Å². The number of aromatic nitrogens is 2. The standard InChI is InChI=1S/C25H24FN5O2S2/c1-3-30-24(33)20(35-25(30)34)14-17-22(27-21-9-8-16(2)15-31(21)23(17)32)29-12-10-28(11-13-29)19-7-5-4-6-18(19)26/h4-9,14-15H,3,10-13H2,1-2H3/b20-14+. The highest BCUT2D eigenvalue weighted by Gasteiger charge is 2.32. The Hall–Kier alpha value is -3.24. The maximum Gasteiger partial charge on any atom is 0.267 e. The summed E-state index contributed by atoms with van der Waals surface area (Å²) in [4.78, 5) is 37.3. The van der Waals surface area contributed by atoms with E-state index in [9.17, 15) is 14.0 Å². The number of fused-ring (bicyclic) bond motifs is 1. The van der Waals surface area contributed by atoms with Crippen LogP contribution in [0.15, 0.2) is 52.3 Å².